The van der Waals surface area contributed by atoms with E-state index in [1.54, 1.807) is 6.20 Å². The highest BCUT2D eigenvalue weighted by Gasteiger charge is 2.41. The summed E-state index contributed by atoms with van der Waals surface area (Å²) in [5.74, 6) is 1.04. The molecule has 2 fully saturated rings. The molecule has 0 radical (unpaired) electrons. The van der Waals surface area contributed by atoms with Crippen LogP contribution in [0.25, 0.3) is 0 Å². The molecule has 2 heterocycles. The van der Waals surface area contributed by atoms with Gasteiger partial charge in [0.25, 0.3) is 0 Å². The van der Waals surface area contributed by atoms with Crippen molar-refractivity contribution < 1.29 is 9.59 Å². The summed E-state index contributed by atoms with van der Waals surface area (Å²) in [6.07, 6.45) is 7.53. The molecule has 160 valence electrons. The van der Waals surface area contributed by atoms with Crippen molar-refractivity contribution in [3.05, 3.63) is 53.9 Å². The molecule has 0 spiro atoms. The molecule has 0 bridgehead atoms. The van der Waals surface area contributed by atoms with E-state index in [-0.39, 0.29) is 17.7 Å². The molecule has 0 unspecified atom stereocenters. The average Bonchev–Trinajstić information content (AvgIpc) is 3.39. The minimum absolute atomic E-state index is 0.0111. The van der Waals surface area contributed by atoms with Gasteiger partial charge < -0.3 is 10.2 Å². The lowest BCUT2D eigenvalue weighted by molar-refractivity contribution is -0.132. The Kier molecular flexibility index (Phi) is 6.21. The fourth-order valence-electron chi connectivity index (χ4n) is 4.90. The van der Waals surface area contributed by atoms with Gasteiger partial charge in [-0.25, -0.2) is 0 Å². The summed E-state index contributed by atoms with van der Waals surface area (Å²) in [5, 5.41) is 7.25. The molecule has 2 aliphatic rings. The maximum Gasteiger partial charge on any atom is 0.225 e. The van der Waals surface area contributed by atoms with Crippen molar-refractivity contribution in [2.45, 2.75) is 58.7 Å². The number of likely N-dealkylation sites (tertiary alicyclic amines) is 1. The Labute approximate surface area is 178 Å². The number of amides is 2. The second-order valence-corrected chi connectivity index (χ2v) is 9.02. The maximum absolute atomic E-state index is 12.7. The first-order valence-corrected chi connectivity index (χ1v) is 11.1. The molecule has 4 rings (SSSR count). The zero-order valence-electron chi connectivity index (χ0n) is 18.0. The van der Waals surface area contributed by atoms with Crippen LogP contribution in [0.15, 0.2) is 42.7 Å². The van der Waals surface area contributed by atoms with E-state index in [1.807, 2.05) is 34.0 Å². The van der Waals surface area contributed by atoms with E-state index >= 15 is 0 Å². The monoisotopic (exact) mass is 408 g/mol. The van der Waals surface area contributed by atoms with Crippen molar-refractivity contribution in [1.29, 1.82) is 0 Å². The first kappa shape index (κ1) is 20.6. The Morgan fingerprint density at radius 1 is 1.17 bits per heavy atom. The van der Waals surface area contributed by atoms with Gasteiger partial charge in [-0.1, -0.05) is 51.0 Å². The molecular formula is C24H32N4O2. The van der Waals surface area contributed by atoms with Crippen molar-refractivity contribution in [2.75, 3.05) is 6.54 Å². The second-order valence-electron chi connectivity index (χ2n) is 9.02. The van der Waals surface area contributed by atoms with E-state index in [1.165, 1.54) is 18.4 Å². The molecule has 6 heteroatoms. The van der Waals surface area contributed by atoms with Crippen LogP contribution >= 0.6 is 0 Å². The van der Waals surface area contributed by atoms with Gasteiger partial charge in [0.2, 0.25) is 11.8 Å². The summed E-state index contributed by atoms with van der Waals surface area (Å²) in [6.45, 7) is 6.32. The molecule has 1 aliphatic carbocycles. The lowest BCUT2D eigenvalue weighted by Gasteiger charge is -2.40. The van der Waals surface area contributed by atoms with Gasteiger partial charge in [0, 0.05) is 37.9 Å². The zero-order valence-corrected chi connectivity index (χ0v) is 18.0. The highest BCUT2D eigenvalue weighted by Crippen LogP contribution is 2.35. The van der Waals surface area contributed by atoms with Gasteiger partial charge in [-0.05, 0) is 35.4 Å². The van der Waals surface area contributed by atoms with E-state index < -0.39 is 0 Å². The van der Waals surface area contributed by atoms with E-state index in [2.05, 4.69) is 36.4 Å². The van der Waals surface area contributed by atoms with E-state index in [0.29, 0.717) is 37.4 Å². The van der Waals surface area contributed by atoms with Crippen LogP contribution in [0.3, 0.4) is 0 Å². The summed E-state index contributed by atoms with van der Waals surface area (Å²) in [7, 11) is 0. The second kappa shape index (κ2) is 9.02. The number of nitrogens with zero attached hydrogens (tertiary/aromatic N) is 3. The fraction of sp³-hybridized carbons (Fsp3) is 0.542. The van der Waals surface area contributed by atoms with Gasteiger partial charge in [-0.15, -0.1) is 0 Å². The third kappa shape index (κ3) is 4.58. The summed E-state index contributed by atoms with van der Waals surface area (Å²) in [4.78, 5) is 27.3. The molecule has 1 saturated heterocycles. The normalized spacial score (nSPS) is 26.7. The summed E-state index contributed by atoms with van der Waals surface area (Å²) in [6, 6.07) is 10.4. The van der Waals surface area contributed by atoms with Crippen LogP contribution < -0.4 is 5.32 Å². The molecule has 1 saturated carbocycles. The number of hydrogen-bond acceptors (Lipinski definition) is 3. The molecular weight excluding hydrogens is 376 g/mol. The molecule has 2 aromatic rings. The smallest absolute Gasteiger partial charge is 0.225 e. The third-order valence-corrected chi connectivity index (χ3v) is 6.99. The number of carbonyl (C=O) groups excluding carboxylic acids is 2. The largest absolute Gasteiger partial charge is 0.352 e. The highest BCUT2D eigenvalue weighted by molar-refractivity contribution is 5.89. The molecule has 6 nitrogen and oxygen atoms in total. The predicted octanol–water partition coefficient (Wildman–Crippen LogP) is 3.22. The van der Waals surface area contributed by atoms with Crippen LogP contribution in [-0.4, -0.2) is 39.1 Å². The Morgan fingerprint density at radius 3 is 2.67 bits per heavy atom. The van der Waals surface area contributed by atoms with E-state index in [0.717, 1.165) is 18.5 Å². The van der Waals surface area contributed by atoms with Crippen LogP contribution in [0.1, 0.15) is 50.7 Å². The van der Waals surface area contributed by atoms with Crippen LogP contribution in [-0.2, 0) is 22.7 Å². The fourth-order valence-corrected chi connectivity index (χ4v) is 4.90. The molecule has 2 amide bonds. The number of benzene rings is 1. The van der Waals surface area contributed by atoms with Gasteiger partial charge in [0.1, 0.15) is 0 Å². The minimum Gasteiger partial charge on any atom is -0.352 e. The number of carbonyl (C=O) groups is 2. The average molecular weight is 409 g/mol. The SMILES string of the molecule is C[C@@H]1[C@H](C)CCC[C@@H]1N1C[C@@H](C(=O)NCc2ccc(Cn3cccn3)cc2)CC1=O. The topological polar surface area (TPSA) is 67.2 Å². The Bertz CT molecular complexity index is 862. The maximum atomic E-state index is 12.7. The van der Waals surface area contributed by atoms with Crippen LogP contribution in [0.2, 0.25) is 0 Å². The Hall–Kier alpha value is -2.63. The van der Waals surface area contributed by atoms with Crippen molar-refractivity contribution in [3.63, 3.8) is 0 Å². The Balaban J connectivity index is 1.28. The van der Waals surface area contributed by atoms with Crippen molar-refractivity contribution >= 4 is 11.8 Å². The zero-order chi connectivity index (χ0) is 21.1. The lowest BCUT2D eigenvalue weighted by Crippen LogP contribution is -2.45. The predicted molar refractivity (Wildman–Crippen MR) is 115 cm³/mol. The minimum atomic E-state index is -0.235. The molecule has 1 aromatic carbocycles. The quantitative estimate of drug-likeness (QED) is 0.798. The molecule has 1 aromatic heterocycles. The Morgan fingerprint density at radius 2 is 1.93 bits per heavy atom. The third-order valence-electron chi connectivity index (χ3n) is 6.99. The summed E-state index contributed by atoms with van der Waals surface area (Å²) < 4.78 is 1.88. The molecule has 1 N–H and O–H groups in total. The van der Waals surface area contributed by atoms with Crippen molar-refractivity contribution in [2.24, 2.45) is 17.8 Å². The van der Waals surface area contributed by atoms with Crippen molar-refractivity contribution in [1.82, 2.24) is 20.0 Å². The van der Waals surface area contributed by atoms with Crippen LogP contribution in [0.5, 0.6) is 0 Å². The lowest BCUT2D eigenvalue weighted by atomic mass is 9.77. The molecule has 4 atom stereocenters. The van der Waals surface area contributed by atoms with Crippen LogP contribution in [0, 0.1) is 17.8 Å². The van der Waals surface area contributed by atoms with Gasteiger partial charge >= 0.3 is 0 Å². The van der Waals surface area contributed by atoms with Crippen LogP contribution in [0.4, 0.5) is 0 Å². The number of aromatic nitrogens is 2. The standard InChI is InChI=1S/C24H32N4O2/c1-17-5-3-6-22(18(17)2)28-16-21(13-23(28)29)24(30)25-14-19-7-9-20(10-8-19)15-27-12-4-11-26-27/h4,7-12,17-18,21-22H,3,5-6,13-16H2,1-2H3,(H,25,30)/t17-,18-,21+,22+/m1/s1. The van der Waals surface area contributed by atoms with Gasteiger partial charge in [0.15, 0.2) is 0 Å². The van der Waals surface area contributed by atoms with E-state index in [9.17, 15) is 9.59 Å². The summed E-state index contributed by atoms with van der Waals surface area (Å²) >= 11 is 0. The number of hydrogen-bond donors (Lipinski definition) is 1. The van der Waals surface area contributed by atoms with Gasteiger partial charge in [-0.3, -0.25) is 14.3 Å². The highest BCUT2D eigenvalue weighted by atomic mass is 16.2. The molecule has 30 heavy (non-hydrogen) atoms. The number of rotatable bonds is 6. The first-order valence-electron chi connectivity index (χ1n) is 11.1. The summed E-state index contributed by atoms with van der Waals surface area (Å²) in [5.41, 5.74) is 2.23. The number of nitrogens with one attached hydrogen (secondary N) is 1. The first-order chi connectivity index (χ1) is 14.5. The molecule has 1 aliphatic heterocycles. The van der Waals surface area contributed by atoms with E-state index in [4.69, 9.17) is 0 Å². The van der Waals surface area contributed by atoms with Gasteiger partial charge in [-0.2, -0.15) is 5.10 Å². The van der Waals surface area contributed by atoms with Gasteiger partial charge in [0.05, 0.1) is 12.5 Å². The van der Waals surface area contributed by atoms with Crippen molar-refractivity contribution in [3.8, 4) is 0 Å².